The maximum Gasteiger partial charge on any atom is 0.122 e. The van der Waals surface area contributed by atoms with Gasteiger partial charge < -0.3 is 10.1 Å². The molecule has 0 aliphatic heterocycles. The summed E-state index contributed by atoms with van der Waals surface area (Å²) in [5.74, 6) is 0.999. The van der Waals surface area contributed by atoms with E-state index in [1.165, 1.54) is 28.0 Å². The SMILES string of the molecule is COc1cccc2c1CCC(N[C@H](C)c1ccc(C)cc1)=C2. The number of aryl methyl sites for hydroxylation is 1. The molecule has 0 saturated heterocycles. The molecule has 22 heavy (non-hydrogen) atoms. The minimum Gasteiger partial charge on any atom is -0.496 e. The van der Waals surface area contributed by atoms with Crippen LogP contribution in [0, 0.1) is 6.92 Å². The number of benzene rings is 2. The summed E-state index contributed by atoms with van der Waals surface area (Å²) in [6.07, 6.45) is 4.31. The zero-order chi connectivity index (χ0) is 15.5. The summed E-state index contributed by atoms with van der Waals surface area (Å²) >= 11 is 0. The van der Waals surface area contributed by atoms with Gasteiger partial charge in [-0.15, -0.1) is 0 Å². The second-order valence-electron chi connectivity index (χ2n) is 5.97. The van der Waals surface area contributed by atoms with Crippen LogP contribution in [0.2, 0.25) is 0 Å². The summed E-state index contributed by atoms with van der Waals surface area (Å²) < 4.78 is 5.46. The van der Waals surface area contributed by atoms with Gasteiger partial charge in [0.05, 0.1) is 7.11 Å². The van der Waals surface area contributed by atoms with Crippen molar-refractivity contribution >= 4 is 6.08 Å². The highest BCUT2D eigenvalue weighted by atomic mass is 16.5. The Bertz CT molecular complexity index is 685. The molecule has 114 valence electrons. The van der Waals surface area contributed by atoms with Gasteiger partial charge in [0, 0.05) is 17.3 Å². The molecule has 1 N–H and O–H groups in total. The Hall–Kier alpha value is -2.22. The molecule has 0 unspecified atom stereocenters. The smallest absolute Gasteiger partial charge is 0.122 e. The van der Waals surface area contributed by atoms with Crippen LogP contribution in [0.15, 0.2) is 48.2 Å². The highest BCUT2D eigenvalue weighted by Crippen LogP contribution is 2.31. The van der Waals surface area contributed by atoms with E-state index < -0.39 is 0 Å². The Balaban J connectivity index is 1.78. The van der Waals surface area contributed by atoms with Gasteiger partial charge in [-0.1, -0.05) is 42.0 Å². The van der Waals surface area contributed by atoms with Crippen molar-refractivity contribution < 1.29 is 4.74 Å². The number of fused-ring (bicyclic) bond motifs is 1. The Kier molecular flexibility index (Phi) is 4.19. The Labute approximate surface area is 132 Å². The first-order valence-corrected chi connectivity index (χ1v) is 7.87. The second-order valence-corrected chi connectivity index (χ2v) is 5.97. The lowest BCUT2D eigenvalue weighted by Crippen LogP contribution is -2.20. The van der Waals surface area contributed by atoms with Crippen molar-refractivity contribution in [2.75, 3.05) is 7.11 Å². The quantitative estimate of drug-likeness (QED) is 0.886. The molecule has 0 radical (unpaired) electrons. The Morgan fingerprint density at radius 1 is 1.05 bits per heavy atom. The van der Waals surface area contributed by atoms with Gasteiger partial charge in [-0.25, -0.2) is 0 Å². The van der Waals surface area contributed by atoms with Crippen molar-refractivity contribution in [3.8, 4) is 5.75 Å². The predicted octanol–water partition coefficient (Wildman–Crippen LogP) is 4.64. The molecule has 0 bridgehead atoms. The second kappa shape index (κ2) is 6.27. The Morgan fingerprint density at radius 2 is 1.82 bits per heavy atom. The third-order valence-corrected chi connectivity index (χ3v) is 4.34. The third kappa shape index (κ3) is 3.01. The van der Waals surface area contributed by atoms with E-state index in [4.69, 9.17) is 4.74 Å². The number of ether oxygens (including phenoxy) is 1. The van der Waals surface area contributed by atoms with E-state index in [9.17, 15) is 0 Å². The summed E-state index contributed by atoms with van der Waals surface area (Å²) in [5.41, 5.74) is 6.51. The van der Waals surface area contributed by atoms with Crippen LogP contribution in [-0.4, -0.2) is 7.11 Å². The van der Waals surface area contributed by atoms with Crippen LogP contribution in [0.25, 0.3) is 6.08 Å². The maximum atomic E-state index is 5.46. The van der Waals surface area contributed by atoms with Crippen LogP contribution >= 0.6 is 0 Å². The molecule has 0 spiro atoms. The van der Waals surface area contributed by atoms with Crippen molar-refractivity contribution in [3.63, 3.8) is 0 Å². The molecule has 0 saturated carbocycles. The number of methoxy groups -OCH3 is 1. The normalized spacial score (nSPS) is 14.8. The third-order valence-electron chi connectivity index (χ3n) is 4.34. The topological polar surface area (TPSA) is 21.3 Å². The lowest BCUT2D eigenvalue weighted by molar-refractivity contribution is 0.409. The fourth-order valence-electron chi connectivity index (χ4n) is 3.03. The lowest BCUT2D eigenvalue weighted by atomic mass is 9.94. The van der Waals surface area contributed by atoms with E-state index in [1.807, 2.05) is 6.07 Å². The first-order valence-electron chi connectivity index (χ1n) is 7.87. The van der Waals surface area contributed by atoms with Crippen molar-refractivity contribution in [2.45, 2.75) is 32.7 Å². The highest BCUT2D eigenvalue weighted by Gasteiger charge is 2.15. The summed E-state index contributed by atoms with van der Waals surface area (Å²) in [4.78, 5) is 0. The molecular formula is C20H23NO. The summed E-state index contributed by atoms with van der Waals surface area (Å²) in [6.45, 7) is 4.34. The molecule has 2 heteroatoms. The van der Waals surface area contributed by atoms with Gasteiger partial charge in [0.15, 0.2) is 0 Å². The number of allylic oxidation sites excluding steroid dienone is 1. The van der Waals surface area contributed by atoms with Gasteiger partial charge in [0.2, 0.25) is 0 Å². The van der Waals surface area contributed by atoms with Crippen molar-refractivity contribution in [2.24, 2.45) is 0 Å². The van der Waals surface area contributed by atoms with E-state index in [0.717, 1.165) is 18.6 Å². The molecule has 0 fully saturated rings. The first-order chi connectivity index (χ1) is 10.7. The van der Waals surface area contributed by atoms with E-state index >= 15 is 0 Å². The standard InChI is InChI=1S/C20H23NO/c1-14-7-9-16(10-8-14)15(2)21-18-11-12-19-17(13-18)5-4-6-20(19)22-3/h4-10,13,15,21H,11-12H2,1-3H3/t15-/m1/s1. The molecule has 0 heterocycles. The molecule has 2 aromatic rings. The average molecular weight is 293 g/mol. The van der Waals surface area contributed by atoms with Gasteiger partial charge in [-0.3, -0.25) is 0 Å². The molecule has 2 aromatic carbocycles. The van der Waals surface area contributed by atoms with Crippen LogP contribution in [0.5, 0.6) is 5.75 Å². The average Bonchev–Trinajstić information content (AvgIpc) is 2.54. The molecule has 0 amide bonds. The summed E-state index contributed by atoms with van der Waals surface area (Å²) in [6, 6.07) is 15.3. The summed E-state index contributed by atoms with van der Waals surface area (Å²) in [5, 5.41) is 3.65. The van der Waals surface area contributed by atoms with Gasteiger partial charge in [-0.05, 0) is 50.0 Å². The van der Waals surface area contributed by atoms with Gasteiger partial charge >= 0.3 is 0 Å². The number of hydrogen-bond donors (Lipinski definition) is 1. The largest absolute Gasteiger partial charge is 0.496 e. The molecule has 1 atom stereocenters. The van der Waals surface area contributed by atoms with Gasteiger partial charge in [-0.2, -0.15) is 0 Å². The molecule has 1 aliphatic carbocycles. The molecule has 3 rings (SSSR count). The molecule has 2 nitrogen and oxygen atoms in total. The molecule has 0 aromatic heterocycles. The van der Waals surface area contributed by atoms with Crippen LogP contribution in [0.3, 0.4) is 0 Å². The zero-order valence-electron chi connectivity index (χ0n) is 13.5. The number of rotatable bonds is 4. The van der Waals surface area contributed by atoms with Crippen LogP contribution in [0.4, 0.5) is 0 Å². The van der Waals surface area contributed by atoms with Gasteiger partial charge in [0.1, 0.15) is 5.75 Å². The predicted molar refractivity (Wildman–Crippen MR) is 92.0 cm³/mol. The molecular weight excluding hydrogens is 270 g/mol. The van der Waals surface area contributed by atoms with Crippen LogP contribution in [-0.2, 0) is 6.42 Å². The van der Waals surface area contributed by atoms with E-state index in [2.05, 4.69) is 61.6 Å². The Morgan fingerprint density at radius 3 is 2.55 bits per heavy atom. The van der Waals surface area contributed by atoms with Crippen LogP contribution in [0.1, 0.15) is 41.6 Å². The first kappa shape index (κ1) is 14.7. The zero-order valence-corrected chi connectivity index (χ0v) is 13.5. The summed E-state index contributed by atoms with van der Waals surface area (Å²) in [7, 11) is 1.74. The highest BCUT2D eigenvalue weighted by molar-refractivity contribution is 5.62. The van der Waals surface area contributed by atoms with Crippen molar-refractivity contribution in [1.82, 2.24) is 5.32 Å². The van der Waals surface area contributed by atoms with Gasteiger partial charge in [0.25, 0.3) is 0 Å². The van der Waals surface area contributed by atoms with Crippen LogP contribution < -0.4 is 10.1 Å². The number of hydrogen-bond acceptors (Lipinski definition) is 2. The van der Waals surface area contributed by atoms with E-state index in [0.29, 0.717) is 6.04 Å². The van der Waals surface area contributed by atoms with E-state index in [-0.39, 0.29) is 0 Å². The minimum atomic E-state index is 0.319. The van der Waals surface area contributed by atoms with Crippen molar-refractivity contribution in [1.29, 1.82) is 0 Å². The fourth-order valence-corrected chi connectivity index (χ4v) is 3.03. The minimum absolute atomic E-state index is 0.319. The molecule has 1 aliphatic rings. The fraction of sp³-hybridized carbons (Fsp3) is 0.300. The monoisotopic (exact) mass is 293 g/mol. The number of nitrogens with one attached hydrogen (secondary N) is 1. The van der Waals surface area contributed by atoms with Crippen molar-refractivity contribution in [3.05, 3.63) is 70.4 Å². The maximum absolute atomic E-state index is 5.46. The van der Waals surface area contributed by atoms with E-state index in [1.54, 1.807) is 7.11 Å². The lowest BCUT2D eigenvalue weighted by Gasteiger charge is -2.23.